The minimum Gasteiger partial charge on any atom is -0.311 e. The van der Waals surface area contributed by atoms with Crippen LogP contribution in [0.4, 0.5) is 0 Å². The predicted octanol–water partition coefficient (Wildman–Crippen LogP) is 3.48. The maximum Gasteiger partial charge on any atom is 0.0634 e. The molecule has 1 fully saturated rings. The molecule has 1 aromatic heterocycles. The summed E-state index contributed by atoms with van der Waals surface area (Å²) in [6.45, 7) is 9.91. The second-order valence-corrected chi connectivity index (χ2v) is 6.17. The fourth-order valence-electron chi connectivity index (χ4n) is 3.16. The van der Waals surface area contributed by atoms with Gasteiger partial charge in [0.05, 0.1) is 5.02 Å². The Morgan fingerprint density at radius 1 is 1.40 bits per heavy atom. The number of piperazine rings is 1. The third-order valence-electron chi connectivity index (χ3n) is 4.86. The zero-order valence-corrected chi connectivity index (χ0v) is 13.6. The van der Waals surface area contributed by atoms with Crippen LogP contribution < -0.4 is 5.32 Å². The number of pyridine rings is 1. The Kier molecular flexibility index (Phi) is 5.42. The second kappa shape index (κ2) is 6.88. The maximum absolute atomic E-state index is 6.29. The van der Waals surface area contributed by atoms with Gasteiger partial charge in [-0.05, 0) is 30.9 Å². The average molecular weight is 296 g/mol. The normalized spacial score (nSPS) is 22.9. The summed E-state index contributed by atoms with van der Waals surface area (Å²) >= 11 is 6.29. The van der Waals surface area contributed by atoms with Crippen molar-refractivity contribution in [1.82, 2.24) is 15.2 Å². The van der Waals surface area contributed by atoms with Crippen LogP contribution in [-0.2, 0) is 6.54 Å². The van der Waals surface area contributed by atoms with E-state index in [4.69, 9.17) is 11.6 Å². The number of hydrogen-bond acceptors (Lipinski definition) is 3. The first-order valence-corrected chi connectivity index (χ1v) is 8.09. The largest absolute Gasteiger partial charge is 0.311 e. The molecule has 0 aliphatic carbocycles. The van der Waals surface area contributed by atoms with Crippen LogP contribution in [0.2, 0.25) is 5.02 Å². The van der Waals surface area contributed by atoms with E-state index in [1.807, 2.05) is 12.3 Å². The summed E-state index contributed by atoms with van der Waals surface area (Å²) in [4.78, 5) is 6.71. The molecule has 1 N–H and O–H groups in total. The van der Waals surface area contributed by atoms with Crippen LogP contribution in [-0.4, -0.2) is 34.6 Å². The van der Waals surface area contributed by atoms with Gasteiger partial charge in [0.2, 0.25) is 0 Å². The van der Waals surface area contributed by atoms with Crippen molar-refractivity contribution < 1.29 is 0 Å². The molecule has 1 unspecified atom stereocenters. The van der Waals surface area contributed by atoms with Gasteiger partial charge in [0.1, 0.15) is 0 Å². The van der Waals surface area contributed by atoms with Crippen LogP contribution in [0, 0.1) is 0 Å². The first-order valence-electron chi connectivity index (χ1n) is 7.72. The van der Waals surface area contributed by atoms with Gasteiger partial charge in [-0.1, -0.05) is 32.4 Å². The molecule has 0 radical (unpaired) electrons. The number of hydrogen-bond donors (Lipinski definition) is 1. The quantitative estimate of drug-likeness (QED) is 0.901. The van der Waals surface area contributed by atoms with Crippen LogP contribution in [0.3, 0.4) is 0 Å². The van der Waals surface area contributed by atoms with Crippen molar-refractivity contribution in [1.29, 1.82) is 0 Å². The topological polar surface area (TPSA) is 28.2 Å². The molecule has 2 rings (SSSR count). The number of rotatable bonds is 5. The van der Waals surface area contributed by atoms with Crippen molar-refractivity contribution >= 4 is 11.6 Å². The molecule has 20 heavy (non-hydrogen) atoms. The van der Waals surface area contributed by atoms with Crippen LogP contribution in [0.15, 0.2) is 18.5 Å². The molecule has 2 heterocycles. The molecule has 0 bridgehead atoms. The van der Waals surface area contributed by atoms with Gasteiger partial charge in [0.15, 0.2) is 0 Å². The molecule has 0 spiro atoms. The highest BCUT2D eigenvalue weighted by Crippen LogP contribution is 2.30. The Bertz CT molecular complexity index is 431. The van der Waals surface area contributed by atoms with Crippen molar-refractivity contribution in [2.75, 3.05) is 13.1 Å². The summed E-state index contributed by atoms with van der Waals surface area (Å²) in [6, 6.07) is 2.63. The zero-order valence-electron chi connectivity index (χ0n) is 12.8. The average Bonchev–Trinajstić information content (AvgIpc) is 2.49. The highest BCUT2D eigenvalue weighted by molar-refractivity contribution is 6.31. The van der Waals surface area contributed by atoms with Crippen LogP contribution in [0.1, 0.15) is 45.6 Å². The van der Waals surface area contributed by atoms with E-state index < -0.39 is 0 Å². The second-order valence-electron chi connectivity index (χ2n) is 5.77. The standard InChI is InChI=1S/C16H26ClN3/c1-4-14-11-20(16(5-2,6-3)12-19-14)10-13-7-8-18-9-15(13)17/h7-9,14,19H,4-6,10-12H2,1-3H3. The fraction of sp³-hybridized carbons (Fsp3) is 0.688. The van der Waals surface area contributed by atoms with Crippen molar-refractivity contribution in [3.05, 3.63) is 29.0 Å². The molecule has 0 amide bonds. The van der Waals surface area contributed by atoms with E-state index in [2.05, 4.69) is 36.0 Å². The monoisotopic (exact) mass is 295 g/mol. The van der Waals surface area contributed by atoms with Gasteiger partial charge in [0, 0.05) is 43.6 Å². The molecule has 1 saturated heterocycles. The third-order valence-corrected chi connectivity index (χ3v) is 5.20. The molecule has 1 aromatic rings. The number of halogens is 1. The summed E-state index contributed by atoms with van der Waals surface area (Å²) in [5.41, 5.74) is 1.43. The summed E-state index contributed by atoms with van der Waals surface area (Å²) in [5.74, 6) is 0. The maximum atomic E-state index is 6.29. The van der Waals surface area contributed by atoms with E-state index in [0.29, 0.717) is 6.04 Å². The fourth-order valence-corrected chi connectivity index (χ4v) is 3.34. The Hall–Kier alpha value is -0.640. The Balaban J connectivity index is 2.21. The minimum absolute atomic E-state index is 0.248. The van der Waals surface area contributed by atoms with Gasteiger partial charge in [-0.15, -0.1) is 0 Å². The number of aromatic nitrogens is 1. The van der Waals surface area contributed by atoms with Crippen molar-refractivity contribution in [3.63, 3.8) is 0 Å². The van der Waals surface area contributed by atoms with Gasteiger partial charge in [-0.3, -0.25) is 9.88 Å². The Morgan fingerprint density at radius 3 is 2.75 bits per heavy atom. The van der Waals surface area contributed by atoms with E-state index in [1.165, 1.54) is 12.0 Å². The van der Waals surface area contributed by atoms with E-state index in [0.717, 1.165) is 37.5 Å². The van der Waals surface area contributed by atoms with Gasteiger partial charge in [-0.2, -0.15) is 0 Å². The van der Waals surface area contributed by atoms with E-state index >= 15 is 0 Å². The predicted molar refractivity (Wildman–Crippen MR) is 85.1 cm³/mol. The lowest BCUT2D eigenvalue weighted by atomic mass is 9.86. The van der Waals surface area contributed by atoms with Crippen molar-refractivity contribution in [3.8, 4) is 0 Å². The van der Waals surface area contributed by atoms with Crippen molar-refractivity contribution in [2.45, 2.75) is 58.2 Å². The number of nitrogens with one attached hydrogen (secondary N) is 1. The first-order chi connectivity index (χ1) is 9.65. The highest BCUT2D eigenvalue weighted by Gasteiger charge is 2.38. The first kappa shape index (κ1) is 15.7. The Morgan fingerprint density at radius 2 is 2.15 bits per heavy atom. The molecule has 112 valence electrons. The summed E-state index contributed by atoms with van der Waals surface area (Å²) in [5, 5.41) is 4.48. The molecule has 0 saturated carbocycles. The van der Waals surface area contributed by atoms with E-state index in [-0.39, 0.29) is 5.54 Å². The number of nitrogens with zero attached hydrogens (tertiary/aromatic N) is 2. The molecular formula is C16H26ClN3. The molecule has 1 aliphatic heterocycles. The van der Waals surface area contributed by atoms with Gasteiger partial charge >= 0.3 is 0 Å². The lowest BCUT2D eigenvalue weighted by molar-refractivity contribution is 0.0238. The van der Waals surface area contributed by atoms with Crippen LogP contribution in [0.5, 0.6) is 0 Å². The molecular weight excluding hydrogens is 270 g/mol. The molecule has 4 heteroatoms. The zero-order chi connectivity index (χ0) is 14.6. The summed E-state index contributed by atoms with van der Waals surface area (Å²) in [6.07, 6.45) is 7.08. The van der Waals surface area contributed by atoms with Gasteiger partial charge in [-0.25, -0.2) is 0 Å². The highest BCUT2D eigenvalue weighted by atomic mass is 35.5. The summed E-state index contributed by atoms with van der Waals surface area (Å²) in [7, 11) is 0. The Labute approximate surface area is 127 Å². The lowest BCUT2D eigenvalue weighted by Gasteiger charge is -2.49. The molecule has 3 nitrogen and oxygen atoms in total. The molecule has 1 aliphatic rings. The van der Waals surface area contributed by atoms with Crippen LogP contribution >= 0.6 is 11.6 Å². The SMILES string of the molecule is CCC1CN(Cc2ccncc2Cl)C(CC)(CC)CN1. The van der Waals surface area contributed by atoms with E-state index in [9.17, 15) is 0 Å². The van der Waals surface area contributed by atoms with E-state index in [1.54, 1.807) is 6.20 Å². The van der Waals surface area contributed by atoms with Crippen molar-refractivity contribution in [2.24, 2.45) is 0 Å². The lowest BCUT2D eigenvalue weighted by Crippen LogP contribution is -2.63. The minimum atomic E-state index is 0.248. The molecule has 1 atom stereocenters. The molecule has 0 aromatic carbocycles. The smallest absolute Gasteiger partial charge is 0.0634 e. The van der Waals surface area contributed by atoms with Crippen LogP contribution in [0.25, 0.3) is 0 Å². The summed E-state index contributed by atoms with van der Waals surface area (Å²) < 4.78 is 0. The third kappa shape index (κ3) is 3.16. The van der Waals surface area contributed by atoms with Gasteiger partial charge < -0.3 is 5.32 Å². The van der Waals surface area contributed by atoms with Gasteiger partial charge in [0.25, 0.3) is 0 Å².